The minimum absolute atomic E-state index is 0.117. The van der Waals surface area contributed by atoms with E-state index in [1.807, 2.05) is 12.1 Å². The molecule has 1 heterocycles. The predicted octanol–water partition coefficient (Wildman–Crippen LogP) is 4.36. The van der Waals surface area contributed by atoms with Gasteiger partial charge in [0.1, 0.15) is 5.75 Å². The smallest absolute Gasteiger partial charge is 0.353 e. The molecule has 0 radical (unpaired) electrons. The van der Waals surface area contributed by atoms with Crippen LogP contribution < -0.4 is 4.74 Å². The number of aromatic nitrogens is 2. The zero-order valence-corrected chi connectivity index (χ0v) is 16.1. The average molecular weight is 399 g/mol. The number of carboxylic acid groups (broad SMARTS) is 1. The highest BCUT2D eigenvalue weighted by atomic mass is 35.5. The molecule has 0 bridgehead atoms. The van der Waals surface area contributed by atoms with Crippen LogP contribution in [0.4, 0.5) is 0 Å². The number of hydrogen-bond donors (Lipinski definition) is 1. The second kappa shape index (κ2) is 8.27. The van der Waals surface area contributed by atoms with Crippen LogP contribution in [-0.4, -0.2) is 32.7 Å². The Morgan fingerprint density at radius 2 is 1.79 bits per heavy atom. The first-order valence-corrected chi connectivity index (χ1v) is 9.08. The van der Waals surface area contributed by atoms with Crippen molar-refractivity contribution >= 4 is 23.4 Å². The van der Waals surface area contributed by atoms with Crippen LogP contribution >= 0.6 is 11.6 Å². The largest absolute Gasteiger partial charge is 0.478 e. The maximum absolute atomic E-state index is 12.7. The quantitative estimate of drug-likeness (QED) is 0.472. The Labute approximate surface area is 167 Å². The molecule has 1 N–H and O–H groups in total. The normalized spacial score (nSPS) is 12.0. The van der Waals surface area contributed by atoms with Gasteiger partial charge >= 0.3 is 5.97 Å². The third kappa shape index (κ3) is 4.23. The molecule has 144 valence electrons. The fraction of sp³-hybridized carbons (Fsp3) is 0.190. The molecule has 0 fully saturated rings. The fourth-order valence-corrected chi connectivity index (χ4v) is 2.88. The van der Waals surface area contributed by atoms with Crippen molar-refractivity contribution in [3.05, 3.63) is 77.1 Å². The van der Waals surface area contributed by atoms with Crippen LogP contribution in [0.3, 0.4) is 0 Å². The van der Waals surface area contributed by atoms with E-state index in [1.165, 1.54) is 17.1 Å². The van der Waals surface area contributed by atoms with Gasteiger partial charge in [0.15, 0.2) is 0 Å². The number of ether oxygens (including phenoxy) is 1. The summed E-state index contributed by atoms with van der Waals surface area (Å²) in [7, 11) is 0. The molecule has 2 aromatic carbocycles. The summed E-state index contributed by atoms with van der Waals surface area (Å²) in [6, 6.07) is 14.0. The lowest BCUT2D eigenvalue weighted by Crippen LogP contribution is -2.35. The van der Waals surface area contributed by atoms with E-state index < -0.39 is 17.9 Å². The van der Waals surface area contributed by atoms with E-state index in [2.05, 4.69) is 18.9 Å². The Hall–Kier alpha value is -3.12. The van der Waals surface area contributed by atoms with E-state index in [-0.39, 0.29) is 5.56 Å². The third-order valence-corrected chi connectivity index (χ3v) is 4.55. The second-order valence-corrected chi connectivity index (χ2v) is 6.96. The molecule has 3 aromatic rings. The van der Waals surface area contributed by atoms with Gasteiger partial charge in [0, 0.05) is 6.20 Å². The number of carbonyl (C=O) groups is 2. The summed E-state index contributed by atoms with van der Waals surface area (Å²) in [6.07, 6.45) is 1.06. The summed E-state index contributed by atoms with van der Waals surface area (Å²) in [6.45, 7) is 4.10. The van der Waals surface area contributed by atoms with Crippen LogP contribution in [0.1, 0.15) is 35.7 Å². The van der Waals surface area contributed by atoms with Crippen LogP contribution in [0, 0.1) is 0 Å². The SMILES string of the molecule is CC(C)c1ccc(OC(C(=O)O)C(=O)c2cnn(-c3ccccc3Cl)c2)cc1. The van der Waals surface area contributed by atoms with Crippen molar-refractivity contribution in [2.45, 2.75) is 25.9 Å². The maximum Gasteiger partial charge on any atom is 0.353 e. The summed E-state index contributed by atoms with van der Waals surface area (Å²) in [5.74, 6) is -1.42. The van der Waals surface area contributed by atoms with Crippen molar-refractivity contribution in [1.29, 1.82) is 0 Å². The van der Waals surface area contributed by atoms with E-state index >= 15 is 0 Å². The van der Waals surface area contributed by atoms with Crippen LogP contribution in [-0.2, 0) is 4.79 Å². The van der Waals surface area contributed by atoms with Gasteiger partial charge < -0.3 is 9.84 Å². The second-order valence-electron chi connectivity index (χ2n) is 6.55. The molecule has 0 aliphatic rings. The van der Waals surface area contributed by atoms with E-state index in [1.54, 1.807) is 36.4 Å². The number of para-hydroxylation sites is 1. The Morgan fingerprint density at radius 1 is 1.11 bits per heavy atom. The number of ketones is 1. The zero-order valence-electron chi connectivity index (χ0n) is 15.4. The molecular formula is C21H19ClN2O4. The predicted molar refractivity (Wildman–Crippen MR) is 105 cm³/mol. The maximum atomic E-state index is 12.7. The zero-order chi connectivity index (χ0) is 20.3. The Morgan fingerprint density at radius 3 is 2.39 bits per heavy atom. The van der Waals surface area contributed by atoms with E-state index in [4.69, 9.17) is 16.3 Å². The Bertz CT molecular complexity index is 996. The number of carboxylic acids is 1. The molecule has 28 heavy (non-hydrogen) atoms. The van der Waals surface area contributed by atoms with Gasteiger partial charge in [-0.3, -0.25) is 4.79 Å². The van der Waals surface area contributed by atoms with Crippen LogP contribution in [0.5, 0.6) is 5.75 Å². The van der Waals surface area contributed by atoms with E-state index in [0.29, 0.717) is 22.4 Å². The van der Waals surface area contributed by atoms with E-state index in [9.17, 15) is 14.7 Å². The van der Waals surface area contributed by atoms with Crippen LogP contribution in [0.25, 0.3) is 5.69 Å². The van der Waals surface area contributed by atoms with Crippen LogP contribution in [0.15, 0.2) is 60.9 Å². The van der Waals surface area contributed by atoms with Gasteiger partial charge in [-0.25, -0.2) is 9.48 Å². The van der Waals surface area contributed by atoms with Gasteiger partial charge in [-0.1, -0.05) is 49.7 Å². The minimum atomic E-state index is -1.67. The first-order chi connectivity index (χ1) is 13.4. The number of halogens is 1. The van der Waals surface area contributed by atoms with Crippen molar-refractivity contribution in [3.8, 4) is 11.4 Å². The van der Waals surface area contributed by atoms with Gasteiger partial charge in [-0.05, 0) is 35.7 Å². The first-order valence-electron chi connectivity index (χ1n) is 8.70. The number of hydrogen-bond acceptors (Lipinski definition) is 4. The number of aliphatic carboxylic acids is 1. The summed E-state index contributed by atoms with van der Waals surface area (Å²) in [4.78, 5) is 24.3. The lowest BCUT2D eigenvalue weighted by Gasteiger charge is -2.14. The van der Waals surface area contributed by atoms with Crippen LogP contribution in [0.2, 0.25) is 5.02 Å². The summed E-state index contributed by atoms with van der Waals surface area (Å²) in [5.41, 5.74) is 1.79. The topological polar surface area (TPSA) is 81.4 Å². The van der Waals surface area contributed by atoms with Gasteiger partial charge in [0.2, 0.25) is 5.78 Å². The number of benzene rings is 2. The molecule has 1 atom stereocenters. The molecule has 0 aliphatic heterocycles. The Balaban J connectivity index is 1.82. The van der Waals surface area contributed by atoms with Crippen molar-refractivity contribution < 1.29 is 19.4 Å². The molecule has 7 heteroatoms. The average Bonchev–Trinajstić information content (AvgIpc) is 3.16. The molecule has 0 amide bonds. The highest BCUT2D eigenvalue weighted by Gasteiger charge is 2.30. The van der Waals surface area contributed by atoms with Crippen molar-refractivity contribution in [2.24, 2.45) is 0 Å². The number of Topliss-reactive ketones (excluding diaryl/α,β-unsaturated/α-hetero) is 1. The summed E-state index contributed by atoms with van der Waals surface area (Å²) >= 11 is 6.14. The molecular weight excluding hydrogens is 380 g/mol. The molecule has 3 rings (SSSR count). The fourth-order valence-electron chi connectivity index (χ4n) is 2.65. The minimum Gasteiger partial charge on any atom is -0.478 e. The van der Waals surface area contributed by atoms with Gasteiger partial charge in [0.25, 0.3) is 6.10 Å². The molecule has 6 nitrogen and oxygen atoms in total. The third-order valence-electron chi connectivity index (χ3n) is 4.23. The highest BCUT2D eigenvalue weighted by Crippen LogP contribution is 2.22. The summed E-state index contributed by atoms with van der Waals surface area (Å²) in [5, 5.41) is 14.1. The highest BCUT2D eigenvalue weighted by molar-refractivity contribution is 6.32. The van der Waals surface area contributed by atoms with Crippen molar-refractivity contribution in [2.75, 3.05) is 0 Å². The number of carbonyl (C=O) groups excluding carboxylic acids is 1. The molecule has 0 spiro atoms. The van der Waals surface area contributed by atoms with Crippen molar-refractivity contribution in [3.63, 3.8) is 0 Å². The van der Waals surface area contributed by atoms with Gasteiger partial charge in [0.05, 0.1) is 22.5 Å². The van der Waals surface area contributed by atoms with Crippen molar-refractivity contribution in [1.82, 2.24) is 9.78 Å². The lowest BCUT2D eigenvalue weighted by molar-refractivity contribution is -0.142. The first kappa shape index (κ1) is 19.6. The summed E-state index contributed by atoms with van der Waals surface area (Å²) < 4.78 is 6.88. The molecule has 0 saturated carbocycles. The molecule has 1 aromatic heterocycles. The number of rotatable bonds is 7. The monoisotopic (exact) mass is 398 g/mol. The Kier molecular flexibility index (Phi) is 5.80. The standard InChI is InChI=1S/C21H19ClN2O4/c1-13(2)14-7-9-16(10-8-14)28-20(21(26)27)19(25)15-11-23-24(12-15)18-6-4-3-5-17(18)22/h3-13,20H,1-2H3,(H,26,27). The molecule has 0 saturated heterocycles. The number of nitrogens with zero attached hydrogens (tertiary/aromatic N) is 2. The van der Waals surface area contributed by atoms with Gasteiger partial charge in [-0.15, -0.1) is 0 Å². The molecule has 0 aliphatic carbocycles. The lowest BCUT2D eigenvalue weighted by atomic mass is 10.0. The van der Waals surface area contributed by atoms with E-state index in [0.717, 1.165) is 5.56 Å². The van der Waals surface area contributed by atoms with Gasteiger partial charge in [-0.2, -0.15) is 5.10 Å². The molecule has 1 unspecified atom stereocenters.